The zero-order chi connectivity index (χ0) is 21.2. The lowest BCUT2D eigenvalue weighted by Gasteiger charge is -2.14. The highest BCUT2D eigenvalue weighted by molar-refractivity contribution is 5.94. The number of benzene rings is 2. The van der Waals surface area contributed by atoms with E-state index in [1.807, 2.05) is 62.6 Å². The highest BCUT2D eigenvalue weighted by atomic mass is 16.5. The van der Waals surface area contributed by atoms with E-state index < -0.39 is 0 Å². The molecule has 0 bridgehead atoms. The standard InChI is InChI=1S/C23H29N5O2/c1-3-29-19-10-11-21(30-4-2)20(16-19)27-23(24)26-13-12-22-25-14-15-28(22)17-18-8-6-5-7-9-18/h5-11,14-16H,3-4,12-13,17H2,1-2H3,(H3,24,26,27). The Balaban J connectivity index is 1.61. The molecule has 30 heavy (non-hydrogen) atoms. The van der Waals surface area contributed by atoms with Crippen LogP contribution in [-0.4, -0.2) is 35.3 Å². The third kappa shape index (κ3) is 6.01. The average molecular weight is 408 g/mol. The van der Waals surface area contributed by atoms with Gasteiger partial charge in [0.1, 0.15) is 17.3 Å². The van der Waals surface area contributed by atoms with Gasteiger partial charge in [0.25, 0.3) is 0 Å². The van der Waals surface area contributed by atoms with Crippen LogP contribution >= 0.6 is 0 Å². The Morgan fingerprint density at radius 3 is 2.67 bits per heavy atom. The molecule has 0 saturated heterocycles. The molecule has 3 rings (SSSR count). The Morgan fingerprint density at radius 1 is 1.10 bits per heavy atom. The second-order valence-corrected chi connectivity index (χ2v) is 6.62. The molecule has 158 valence electrons. The van der Waals surface area contributed by atoms with Crippen molar-refractivity contribution < 1.29 is 9.47 Å². The van der Waals surface area contributed by atoms with Crippen LogP contribution in [0.25, 0.3) is 0 Å². The molecule has 7 nitrogen and oxygen atoms in total. The molecule has 1 aromatic heterocycles. The van der Waals surface area contributed by atoms with Crippen LogP contribution in [0.4, 0.5) is 5.69 Å². The van der Waals surface area contributed by atoms with Crippen LogP contribution in [0.1, 0.15) is 25.2 Å². The second-order valence-electron chi connectivity index (χ2n) is 6.62. The van der Waals surface area contributed by atoms with Crippen molar-refractivity contribution in [1.82, 2.24) is 9.55 Å². The van der Waals surface area contributed by atoms with E-state index in [0.29, 0.717) is 37.9 Å². The van der Waals surface area contributed by atoms with E-state index in [1.165, 1.54) is 5.56 Å². The van der Waals surface area contributed by atoms with Gasteiger partial charge in [0, 0.05) is 38.0 Å². The van der Waals surface area contributed by atoms with Gasteiger partial charge in [0.2, 0.25) is 0 Å². The third-order valence-corrected chi connectivity index (χ3v) is 4.44. The van der Waals surface area contributed by atoms with Gasteiger partial charge in [-0.05, 0) is 31.5 Å². The van der Waals surface area contributed by atoms with Crippen molar-refractivity contribution in [2.75, 3.05) is 25.1 Å². The number of nitrogens with one attached hydrogen (secondary N) is 1. The maximum Gasteiger partial charge on any atom is 0.193 e. The number of anilines is 1. The van der Waals surface area contributed by atoms with Crippen molar-refractivity contribution in [2.45, 2.75) is 26.8 Å². The van der Waals surface area contributed by atoms with E-state index in [-0.39, 0.29) is 0 Å². The topological polar surface area (TPSA) is 86.7 Å². The second kappa shape index (κ2) is 10.9. The molecule has 0 aliphatic carbocycles. The van der Waals surface area contributed by atoms with Gasteiger partial charge in [0.05, 0.1) is 18.9 Å². The van der Waals surface area contributed by atoms with Gasteiger partial charge in [-0.25, -0.2) is 4.98 Å². The molecule has 0 aliphatic heterocycles. The van der Waals surface area contributed by atoms with Crippen molar-refractivity contribution in [2.24, 2.45) is 10.7 Å². The number of aliphatic imine (C=N–C) groups is 1. The van der Waals surface area contributed by atoms with Crippen LogP contribution < -0.4 is 20.5 Å². The minimum Gasteiger partial charge on any atom is -0.494 e. The summed E-state index contributed by atoms with van der Waals surface area (Å²) in [4.78, 5) is 8.91. The minimum absolute atomic E-state index is 0.325. The smallest absolute Gasteiger partial charge is 0.193 e. The van der Waals surface area contributed by atoms with Crippen molar-refractivity contribution >= 4 is 11.6 Å². The van der Waals surface area contributed by atoms with Crippen molar-refractivity contribution in [3.05, 3.63) is 72.3 Å². The molecule has 7 heteroatoms. The summed E-state index contributed by atoms with van der Waals surface area (Å²) >= 11 is 0. The van der Waals surface area contributed by atoms with Gasteiger partial charge in [-0.3, -0.25) is 4.99 Å². The molecule has 0 atom stereocenters. The Hall–Kier alpha value is -3.48. The fraction of sp³-hybridized carbons (Fsp3) is 0.304. The van der Waals surface area contributed by atoms with Crippen LogP contribution in [0.3, 0.4) is 0 Å². The SMILES string of the molecule is CCOc1ccc(OCC)c(NC(N)=NCCc2nccn2Cc2ccccc2)c1. The quantitative estimate of drug-likeness (QED) is 0.395. The minimum atomic E-state index is 0.325. The number of guanidine groups is 1. The van der Waals surface area contributed by atoms with Gasteiger partial charge in [-0.2, -0.15) is 0 Å². The van der Waals surface area contributed by atoms with Gasteiger partial charge in [0.15, 0.2) is 5.96 Å². The van der Waals surface area contributed by atoms with Gasteiger partial charge in [-0.15, -0.1) is 0 Å². The van der Waals surface area contributed by atoms with E-state index in [9.17, 15) is 0 Å². The lowest BCUT2D eigenvalue weighted by molar-refractivity contribution is 0.332. The number of aromatic nitrogens is 2. The van der Waals surface area contributed by atoms with Crippen LogP contribution in [-0.2, 0) is 13.0 Å². The van der Waals surface area contributed by atoms with Crippen LogP contribution in [0.15, 0.2) is 65.9 Å². The molecule has 0 saturated carbocycles. The number of hydrogen-bond acceptors (Lipinski definition) is 4. The maximum atomic E-state index is 6.11. The molecule has 1 heterocycles. The molecule has 0 fully saturated rings. The first-order valence-electron chi connectivity index (χ1n) is 10.2. The van der Waals surface area contributed by atoms with Crippen LogP contribution in [0.2, 0.25) is 0 Å². The number of hydrogen-bond donors (Lipinski definition) is 2. The molecule has 0 amide bonds. The van der Waals surface area contributed by atoms with Gasteiger partial charge in [-0.1, -0.05) is 30.3 Å². The Labute approximate surface area is 177 Å². The van der Waals surface area contributed by atoms with Crippen LogP contribution in [0.5, 0.6) is 11.5 Å². The number of nitrogens with two attached hydrogens (primary N) is 1. The Kier molecular flexibility index (Phi) is 7.71. The molecule has 3 aromatic rings. The first kappa shape index (κ1) is 21.2. The van der Waals surface area contributed by atoms with E-state index in [0.717, 1.165) is 23.8 Å². The zero-order valence-corrected chi connectivity index (χ0v) is 17.5. The summed E-state index contributed by atoms with van der Waals surface area (Å²) < 4.78 is 13.4. The molecule has 2 aromatic carbocycles. The molecular formula is C23H29N5O2. The van der Waals surface area contributed by atoms with Crippen molar-refractivity contribution in [3.63, 3.8) is 0 Å². The Morgan fingerprint density at radius 2 is 1.90 bits per heavy atom. The third-order valence-electron chi connectivity index (χ3n) is 4.44. The fourth-order valence-electron chi connectivity index (χ4n) is 3.09. The summed E-state index contributed by atoms with van der Waals surface area (Å²) in [6, 6.07) is 15.9. The van der Waals surface area contributed by atoms with Crippen molar-refractivity contribution in [3.8, 4) is 11.5 Å². The normalized spacial score (nSPS) is 11.3. The van der Waals surface area contributed by atoms with Gasteiger partial charge >= 0.3 is 0 Å². The molecule has 3 N–H and O–H groups in total. The highest BCUT2D eigenvalue weighted by Crippen LogP contribution is 2.29. The van der Waals surface area contributed by atoms with E-state index in [4.69, 9.17) is 15.2 Å². The molecule has 0 radical (unpaired) electrons. The molecule has 0 aliphatic rings. The summed E-state index contributed by atoms with van der Waals surface area (Å²) in [7, 11) is 0. The monoisotopic (exact) mass is 407 g/mol. The molecular weight excluding hydrogens is 378 g/mol. The highest BCUT2D eigenvalue weighted by Gasteiger charge is 2.08. The van der Waals surface area contributed by atoms with Gasteiger partial charge < -0.3 is 25.1 Å². The fourth-order valence-corrected chi connectivity index (χ4v) is 3.09. The largest absolute Gasteiger partial charge is 0.494 e. The number of imidazole rings is 1. The zero-order valence-electron chi connectivity index (χ0n) is 17.5. The lowest BCUT2D eigenvalue weighted by atomic mass is 10.2. The molecule has 0 spiro atoms. The number of ether oxygens (including phenoxy) is 2. The number of rotatable bonds is 10. The first-order chi connectivity index (χ1) is 14.7. The number of nitrogens with zero attached hydrogens (tertiary/aromatic N) is 3. The predicted octanol–water partition coefficient (Wildman–Crippen LogP) is 3.70. The summed E-state index contributed by atoms with van der Waals surface area (Å²) in [5.74, 6) is 2.76. The van der Waals surface area contributed by atoms with E-state index >= 15 is 0 Å². The van der Waals surface area contributed by atoms with Crippen molar-refractivity contribution in [1.29, 1.82) is 0 Å². The van der Waals surface area contributed by atoms with Crippen LogP contribution in [0, 0.1) is 0 Å². The summed E-state index contributed by atoms with van der Waals surface area (Å²) in [5.41, 5.74) is 8.08. The summed E-state index contributed by atoms with van der Waals surface area (Å²) in [6.45, 7) is 6.35. The maximum absolute atomic E-state index is 6.11. The predicted molar refractivity (Wildman–Crippen MR) is 120 cm³/mol. The van der Waals surface area contributed by atoms with E-state index in [1.54, 1.807) is 0 Å². The average Bonchev–Trinajstić information content (AvgIpc) is 3.18. The molecule has 0 unspecified atom stereocenters. The summed E-state index contributed by atoms with van der Waals surface area (Å²) in [5, 5.41) is 3.12. The lowest BCUT2D eigenvalue weighted by Crippen LogP contribution is -2.23. The summed E-state index contributed by atoms with van der Waals surface area (Å²) in [6.07, 6.45) is 4.50. The Bertz CT molecular complexity index is 953. The first-order valence-corrected chi connectivity index (χ1v) is 10.2. The van der Waals surface area contributed by atoms with E-state index in [2.05, 4.69) is 32.0 Å².